The van der Waals surface area contributed by atoms with E-state index in [0.29, 0.717) is 0 Å². The molecule has 1 atom stereocenters. The van der Waals surface area contributed by atoms with Crippen LogP contribution in [0.3, 0.4) is 0 Å². The number of hydrogen-bond acceptors (Lipinski definition) is 3. The highest BCUT2D eigenvalue weighted by Gasteiger charge is 2.20. The molecule has 1 unspecified atom stereocenters. The lowest BCUT2D eigenvalue weighted by molar-refractivity contribution is 0.414. The van der Waals surface area contributed by atoms with Crippen LogP contribution in [-0.2, 0) is 6.42 Å². The van der Waals surface area contributed by atoms with E-state index in [4.69, 9.17) is 10.00 Å². The molecule has 0 fully saturated rings. The lowest BCUT2D eigenvalue weighted by Crippen LogP contribution is -2.38. The highest BCUT2D eigenvalue weighted by molar-refractivity contribution is 5.27. The van der Waals surface area contributed by atoms with E-state index in [1.54, 1.807) is 7.11 Å². The van der Waals surface area contributed by atoms with Gasteiger partial charge in [0, 0.05) is 0 Å². The summed E-state index contributed by atoms with van der Waals surface area (Å²) in [6.07, 6.45) is 1.68. The van der Waals surface area contributed by atoms with E-state index in [2.05, 4.69) is 11.4 Å². The summed E-state index contributed by atoms with van der Waals surface area (Å²) in [6, 6.07) is 10.2. The Hall–Kier alpha value is -1.53. The molecule has 0 bridgehead atoms. The second-order valence-electron chi connectivity index (χ2n) is 4.04. The van der Waals surface area contributed by atoms with Gasteiger partial charge >= 0.3 is 0 Å². The first-order valence-corrected chi connectivity index (χ1v) is 5.36. The monoisotopic (exact) mass is 218 g/mol. The second-order valence-corrected chi connectivity index (χ2v) is 4.04. The summed E-state index contributed by atoms with van der Waals surface area (Å²) in [6.45, 7) is 1.91. The molecule has 3 heteroatoms. The maximum Gasteiger partial charge on any atom is 0.118 e. The topological polar surface area (TPSA) is 45.0 Å². The summed E-state index contributed by atoms with van der Waals surface area (Å²) in [7, 11) is 3.47. The van der Waals surface area contributed by atoms with Crippen molar-refractivity contribution in [1.29, 1.82) is 5.26 Å². The maximum atomic E-state index is 9.01. The van der Waals surface area contributed by atoms with Crippen molar-refractivity contribution in [2.45, 2.75) is 25.3 Å². The Kier molecular flexibility index (Phi) is 4.33. The lowest BCUT2D eigenvalue weighted by Gasteiger charge is -2.20. The molecule has 0 amide bonds. The van der Waals surface area contributed by atoms with E-state index in [-0.39, 0.29) is 0 Å². The Balaban J connectivity index is 2.58. The van der Waals surface area contributed by atoms with Gasteiger partial charge in [-0.3, -0.25) is 0 Å². The van der Waals surface area contributed by atoms with Crippen LogP contribution in [0.4, 0.5) is 0 Å². The molecule has 16 heavy (non-hydrogen) atoms. The summed E-state index contributed by atoms with van der Waals surface area (Å²) in [5.41, 5.74) is 0.775. The van der Waals surface area contributed by atoms with Crippen molar-refractivity contribution in [3.8, 4) is 11.8 Å². The van der Waals surface area contributed by atoms with Crippen LogP contribution in [0.5, 0.6) is 5.75 Å². The second kappa shape index (κ2) is 5.53. The number of nitrogens with zero attached hydrogens (tertiary/aromatic N) is 1. The molecule has 0 aliphatic rings. The molecule has 1 aromatic carbocycles. The molecule has 0 saturated carbocycles. The van der Waals surface area contributed by atoms with Gasteiger partial charge in [-0.05, 0) is 44.5 Å². The number of benzene rings is 1. The van der Waals surface area contributed by atoms with Crippen LogP contribution in [-0.4, -0.2) is 19.7 Å². The fraction of sp³-hybridized carbons (Fsp3) is 0.462. The van der Waals surface area contributed by atoms with E-state index in [0.717, 1.165) is 18.6 Å². The Morgan fingerprint density at radius 2 is 2.00 bits per heavy atom. The summed E-state index contributed by atoms with van der Waals surface area (Å²) >= 11 is 0. The molecular formula is C13H18N2O. The van der Waals surface area contributed by atoms with Crippen LogP contribution in [0.15, 0.2) is 24.3 Å². The number of ether oxygens (including phenoxy) is 1. The standard InChI is InChI=1S/C13H18N2O/c1-13(10-14,15-2)9-8-11-4-6-12(16-3)7-5-11/h4-7,15H,8-9H2,1-3H3. The summed E-state index contributed by atoms with van der Waals surface area (Å²) in [5, 5.41) is 12.0. The van der Waals surface area contributed by atoms with E-state index >= 15 is 0 Å². The minimum Gasteiger partial charge on any atom is -0.497 e. The number of nitriles is 1. The molecule has 1 aromatic rings. The molecule has 0 radical (unpaired) electrons. The molecule has 3 nitrogen and oxygen atoms in total. The predicted molar refractivity (Wildman–Crippen MR) is 64.4 cm³/mol. The van der Waals surface area contributed by atoms with Crippen LogP contribution < -0.4 is 10.1 Å². The molecule has 0 aliphatic heterocycles. The third kappa shape index (κ3) is 3.25. The van der Waals surface area contributed by atoms with E-state index in [9.17, 15) is 0 Å². The van der Waals surface area contributed by atoms with Crippen molar-refractivity contribution in [3.05, 3.63) is 29.8 Å². The zero-order valence-corrected chi connectivity index (χ0v) is 10.1. The summed E-state index contributed by atoms with van der Waals surface area (Å²) < 4.78 is 5.09. The fourth-order valence-electron chi connectivity index (χ4n) is 1.42. The number of rotatable bonds is 5. The van der Waals surface area contributed by atoms with Gasteiger partial charge in [-0.1, -0.05) is 12.1 Å². The highest BCUT2D eigenvalue weighted by Crippen LogP contribution is 2.16. The van der Waals surface area contributed by atoms with Crippen LogP contribution in [0.25, 0.3) is 0 Å². The normalized spacial score (nSPS) is 13.9. The fourth-order valence-corrected chi connectivity index (χ4v) is 1.42. The van der Waals surface area contributed by atoms with Gasteiger partial charge < -0.3 is 10.1 Å². The van der Waals surface area contributed by atoms with Gasteiger partial charge in [0.1, 0.15) is 11.3 Å². The Labute approximate surface area is 97.0 Å². The van der Waals surface area contributed by atoms with Crippen LogP contribution >= 0.6 is 0 Å². The van der Waals surface area contributed by atoms with Crippen molar-refractivity contribution < 1.29 is 4.74 Å². The minimum absolute atomic E-state index is 0.445. The summed E-state index contributed by atoms with van der Waals surface area (Å²) in [4.78, 5) is 0. The smallest absolute Gasteiger partial charge is 0.118 e. The molecule has 86 valence electrons. The van der Waals surface area contributed by atoms with Gasteiger partial charge in [-0.25, -0.2) is 0 Å². The number of aryl methyl sites for hydroxylation is 1. The van der Waals surface area contributed by atoms with Gasteiger partial charge in [0.25, 0.3) is 0 Å². The molecule has 0 saturated heterocycles. The third-order valence-electron chi connectivity index (χ3n) is 2.87. The Morgan fingerprint density at radius 3 is 2.44 bits per heavy atom. The van der Waals surface area contributed by atoms with Crippen LogP contribution in [0, 0.1) is 11.3 Å². The van der Waals surface area contributed by atoms with Crippen molar-refractivity contribution in [2.24, 2.45) is 0 Å². The van der Waals surface area contributed by atoms with Gasteiger partial charge in [0.15, 0.2) is 0 Å². The SMILES string of the molecule is CNC(C)(C#N)CCc1ccc(OC)cc1. The van der Waals surface area contributed by atoms with Crippen molar-refractivity contribution >= 4 is 0 Å². The van der Waals surface area contributed by atoms with E-state index in [1.165, 1.54) is 5.56 Å². The lowest BCUT2D eigenvalue weighted by atomic mass is 9.95. The average Bonchev–Trinajstić information content (AvgIpc) is 2.36. The highest BCUT2D eigenvalue weighted by atomic mass is 16.5. The number of hydrogen-bond donors (Lipinski definition) is 1. The van der Waals surface area contributed by atoms with Gasteiger partial charge in [0.05, 0.1) is 13.2 Å². The van der Waals surface area contributed by atoms with Crippen molar-refractivity contribution in [2.75, 3.05) is 14.2 Å². The first-order valence-electron chi connectivity index (χ1n) is 5.36. The molecule has 0 aromatic heterocycles. The minimum atomic E-state index is -0.445. The predicted octanol–water partition coefficient (Wildman–Crippen LogP) is 2.13. The van der Waals surface area contributed by atoms with Crippen molar-refractivity contribution in [1.82, 2.24) is 5.32 Å². The van der Waals surface area contributed by atoms with Crippen molar-refractivity contribution in [3.63, 3.8) is 0 Å². The van der Waals surface area contributed by atoms with Gasteiger partial charge in [-0.2, -0.15) is 5.26 Å². The molecule has 0 heterocycles. The molecule has 1 N–H and O–H groups in total. The maximum absolute atomic E-state index is 9.01. The molecule has 1 rings (SSSR count). The zero-order chi connectivity index (χ0) is 12.0. The van der Waals surface area contributed by atoms with Crippen LogP contribution in [0.2, 0.25) is 0 Å². The number of methoxy groups -OCH3 is 1. The number of nitrogens with one attached hydrogen (secondary N) is 1. The first-order chi connectivity index (χ1) is 7.63. The van der Waals surface area contributed by atoms with E-state index < -0.39 is 5.54 Å². The summed E-state index contributed by atoms with van der Waals surface area (Å²) in [5.74, 6) is 0.861. The average molecular weight is 218 g/mol. The molecule has 0 spiro atoms. The van der Waals surface area contributed by atoms with E-state index in [1.807, 2.05) is 38.2 Å². The van der Waals surface area contributed by atoms with Crippen LogP contribution in [0.1, 0.15) is 18.9 Å². The Bertz CT molecular complexity index is 367. The van der Waals surface area contributed by atoms with Gasteiger partial charge in [0.2, 0.25) is 0 Å². The zero-order valence-electron chi connectivity index (χ0n) is 10.1. The largest absolute Gasteiger partial charge is 0.497 e. The molecular weight excluding hydrogens is 200 g/mol. The first kappa shape index (κ1) is 12.5. The quantitative estimate of drug-likeness (QED) is 0.823. The van der Waals surface area contributed by atoms with Gasteiger partial charge in [-0.15, -0.1) is 0 Å². The molecule has 0 aliphatic carbocycles. The Morgan fingerprint density at radius 1 is 1.38 bits per heavy atom. The third-order valence-corrected chi connectivity index (χ3v) is 2.87.